The van der Waals surface area contributed by atoms with Crippen LogP contribution in [0.2, 0.25) is 0 Å². The van der Waals surface area contributed by atoms with Crippen molar-refractivity contribution in [1.82, 2.24) is 19.9 Å². The van der Waals surface area contributed by atoms with Gasteiger partial charge >= 0.3 is 0 Å². The molecule has 1 unspecified atom stereocenters. The molecule has 1 aliphatic heterocycles. The molecule has 2 aromatic carbocycles. The van der Waals surface area contributed by atoms with Crippen LogP contribution in [-0.2, 0) is 17.8 Å². The third-order valence-electron chi connectivity index (χ3n) is 5.71. The van der Waals surface area contributed by atoms with Gasteiger partial charge in [0, 0.05) is 32.2 Å². The molecule has 1 fully saturated rings. The molecule has 0 amide bonds. The lowest BCUT2D eigenvalue weighted by atomic mass is 10.1. The van der Waals surface area contributed by atoms with E-state index in [1.165, 1.54) is 5.56 Å². The number of hydrogen-bond acceptors (Lipinski definition) is 7. The van der Waals surface area contributed by atoms with E-state index in [1.54, 1.807) is 0 Å². The van der Waals surface area contributed by atoms with Crippen LogP contribution in [0, 0.1) is 0 Å². The molecule has 170 valence electrons. The van der Waals surface area contributed by atoms with E-state index in [9.17, 15) is 0 Å². The average molecular weight is 437 g/mol. The van der Waals surface area contributed by atoms with Crippen molar-refractivity contribution < 1.29 is 14.0 Å². The first-order valence-corrected chi connectivity index (χ1v) is 11.4. The lowest BCUT2D eigenvalue weighted by Crippen LogP contribution is -2.45. The first-order chi connectivity index (χ1) is 15.7. The predicted octanol–water partition coefficient (Wildman–Crippen LogP) is 3.86. The second-order valence-corrected chi connectivity index (χ2v) is 8.09. The van der Waals surface area contributed by atoms with E-state index in [0.717, 1.165) is 50.7 Å². The predicted molar refractivity (Wildman–Crippen MR) is 123 cm³/mol. The number of nitrogens with zero attached hydrogens (tertiary/aromatic N) is 4. The van der Waals surface area contributed by atoms with Crippen LogP contribution in [0.4, 0.5) is 0 Å². The van der Waals surface area contributed by atoms with Gasteiger partial charge in [0.1, 0.15) is 5.75 Å². The molecule has 1 aliphatic rings. The lowest BCUT2D eigenvalue weighted by molar-refractivity contribution is 0.0214. The number of aromatic nitrogens is 2. The number of hydrogen-bond donors (Lipinski definition) is 0. The summed E-state index contributed by atoms with van der Waals surface area (Å²) in [5.41, 5.74) is 2.11. The van der Waals surface area contributed by atoms with Gasteiger partial charge in [0.15, 0.2) is 0 Å². The highest BCUT2D eigenvalue weighted by molar-refractivity contribution is 5.63. The summed E-state index contributed by atoms with van der Waals surface area (Å²) >= 11 is 0. The molecule has 0 aliphatic carbocycles. The Morgan fingerprint density at radius 2 is 1.78 bits per heavy atom. The third kappa shape index (κ3) is 5.94. The molecule has 1 saturated heterocycles. The molecule has 7 nitrogen and oxygen atoms in total. The minimum atomic E-state index is 0.319. The smallest absolute Gasteiger partial charge is 0.241 e. The van der Waals surface area contributed by atoms with Crippen molar-refractivity contribution in [2.24, 2.45) is 0 Å². The van der Waals surface area contributed by atoms with Crippen molar-refractivity contribution in [3.63, 3.8) is 0 Å². The SMILES string of the molecule is CCOc1ccccc1-c1noc(CN(Cc2ccccc2)C(C)CN2CCOCC2)n1. The van der Waals surface area contributed by atoms with Gasteiger partial charge in [0.2, 0.25) is 11.7 Å². The van der Waals surface area contributed by atoms with Crippen LogP contribution in [0.1, 0.15) is 25.3 Å². The summed E-state index contributed by atoms with van der Waals surface area (Å²) in [5.74, 6) is 1.93. The Kier molecular flexibility index (Phi) is 7.87. The van der Waals surface area contributed by atoms with Crippen molar-refractivity contribution in [3.05, 3.63) is 66.1 Å². The monoisotopic (exact) mass is 436 g/mol. The van der Waals surface area contributed by atoms with Crippen LogP contribution < -0.4 is 4.74 Å². The summed E-state index contributed by atoms with van der Waals surface area (Å²) in [4.78, 5) is 9.56. The van der Waals surface area contributed by atoms with Gasteiger partial charge in [-0.2, -0.15) is 4.98 Å². The summed E-state index contributed by atoms with van der Waals surface area (Å²) in [6, 6.07) is 18.6. The van der Waals surface area contributed by atoms with E-state index >= 15 is 0 Å². The largest absolute Gasteiger partial charge is 0.493 e. The van der Waals surface area contributed by atoms with E-state index in [0.29, 0.717) is 30.9 Å². The van der Waals surface area contributed by atoms with Crippen LogP contribution in [0.15, 0.2) is 59.1 Å². The molecule has 0 N–H and O–H groups in total. The normalized spacial score (nSPS) is 15.7. The molecule has 0 saturated carbocycles. The Morgan fingerprint density at radius 3 is 2.56 bits per heavy atom. The standard InChI is InChI=1S/C25H32N4O3/c1-3-31-23-12-8-7-11-22(23)25-26-24(32-27-25)19-29(18-21-9-5-4-6-10-21)20(2)17-28-13-15-30-16-14-28/h4-12,20H,3,13-19H2,1-2H3. The maximum atomic E-state index is 5.74. The number of benzene rings is 2. The molecule has 1 aromatic heterocycles. The Bertz CT molecular complexity index is 957. The summed E-state index contributed by atoms with van der Waals surface area (Å²) in [6.45, 7) is 10.8. The minimum Gasteiger partial charge on any atom is -0.493 e. The Balaban J connectivity index is 1.50. The fourth-order valence-corrected chi connectivity index (χ4v) is 3.99. The van der Waals surface area contributed by atoms with E-state index in [1.807, 2.05) is 37.3 Å². The zero-order valence-corrected chi connectivity index (χ0v) is 18.9. The van der Waals surface area contributed by atoms with Crippen molar-refractivity contribution in [2.45, 2.75) is 33.0 Å². The number of rotatable bonds is 10. The van der Waals surface area contributed by atoms with Crippen LogP contribution >= 0.6 is 0 Å². The summed E-state index contributed by atoms with van der Waals surface area (Å²) < 4.78 is 16.9. The zero-order chi connectivity index (χ0) is 22.2. The minimum absolute atomic E-state index is 0.319. The van der Waals surface area contributed by atoms with Crippen molar-refractivity contribution in [2.75, 3.05) is 39.5 Å². The van der Waals surface area contributed by atoms with E-state index in [4.69, 9.17) is 19.0 Å². The Morgan fingerprint density at radius 1 is 1.03 bits per heavy atom. The van der Waals surface area contributed by atoms with Gasteiger partial charge in [0.25, 0.3) is 0 Å². The molecule has 3 aromatic rings. The maximum Gasteiger partial charge on any atom is 0.241 e. The first-order valence-electron chi connectivity index (χ1n) is 11.4. The average Bonchev–Trinajstić information content (AvgIpc) is 3.29. The van der Waals surface area contributed by atoms with Gasteiger partial charge in [-0.1, -0.05) is 47.6 Å². The molecule has 0 spiro atoms. The van der Waals surface area contributed by atoms with E-state index in [2.05, 4.69) is 46.1 Å². The zero-order valence-electron chi connectivity index (χ0n) is 18.9. The summed E-state index contributed by atoms with van der Waals surface area (Å²) in [7, 11) is 0. The number of para-hydroxylation sites is 1. The molecular weight excluding hydrogens is 404 g/mol. The molecule has 7 heteroatoms. The van der Waals surface area contributed by atoms with E-state index < -0.39 is 0 Å². The molecule has 32 heavy (non-hydrogen) atoms. The van der Waals surface area contributed by atoms with E-state index in [-0.39, 0.29) is 0 Å². The van der Waals surface area contributed by atoms with Gasteiger partial charge in [-0.15, -0.1) is 0 Å². The summed E-state index contributed by atoms with van der Waals surface area (Å²) in [6.07, 6.45) is 0. The van der Waals surface area contributed by atoms with Crippen molar-refractivity contribution in [1.29, 1.82) is 0 Å². The molecular formula is C25H32N4O3. The van der Waals surface area contributed by atoms with Gasteiger partial charge in [-0.25, -0.2) is 0 Å². The number of ether oxygens (including phenoxy) is 2. The van der Waals surface area contributed by atoms with Crippen LogP contribution in [-0.4, -0.2) is 65.4 Å². The molecule has 0 bridgehead atoms. The van der Waals surface area contributed by atoms with Gasteiger partial charge in [-0.3, -0.25) is 9.80 Å². The highest BCUT2D eigenvalue weighted by Crippen LogP contribution is 2.28. The molecule has 4 rings (SSSR count). The van der Waals surface area contributed by atoms with Crippen molar-refractivity contribution >= 4 is 0 Å². The fraction of sp³-hybridized carbons (Fsp3) is 0.440. The Labute approximate surface area is 189 Å². The quantitative estimate of drug-likeness (QED) is 0.478. The fourth-order valence-electron chi connectivity index (χ4n) is 3.99. The molecule has 2 heterocycles. The van der Waals surface area contributed by atoms with Crippen molar-refractivity contribution in [3.8, 4) is 17.1 Å². The first kappa shape index (κ1) is 22.5. The second-order valence-electron chi connectivity index (χ2n) is 8.09. The molecule has 1 atom stereocenters. The lowest BCUT2D eigenvalue weighted by Gasteiger charge is -2.34. The van der Waals surface area contributed by atoms with Gasteiger partial charge < -0.3 is 14.0 Å². The second kappa shape index (κ2) is 11.2. The highest BCUT2D eigenvalue weighted by Gasteiger charge is 2.22. The van der Waals surface area contributed by atoms with Gasteiger partial charge in [0.05, 0.1) is 31.9 Å². The summed E-state index contributed by atoms with van der Waals surface area (Å²) in [5, 5.41) is 4.24. The van der Waals surface area contributed by atoms with Gasteiger partial charge in [-0.05, 0) is 31.5 Å². The molecule has 0 radical (unpaired) electrons. The number of morpholine rings is 1. The topological polar surface area (TPSA) is 63.9 Å². The highest BCUT2D eigenvalue weighted by atomic mass is 16.5. The van der Waals surface area contributed by atoms with Crippen LogP contribution in [0.25, 0.3) is 11.4 Å². The third-order valence-corrected chi connectivity index (χ3v) is 5.71. The van der Waals surface area contributed by atoms with Crippen LogP contribution in [0.5, 0.6) is 5.75 Å². The van der Waals surface area contributed by atoms with Crippen LogP contribution in [0.3, 0.4) is 0 Å². The Hall–Kier alpha value is -2.74. The maximum absolute atomic E-state index is 5.74.